The van der Waals surface area contributed by atoms with Crippen LogP contribution in [0, 0.1) is 11.3 Å². The quantitative estimate of drug-likeness (QED) is 0.187. The van der Waals surface area contributed by atoms with Crippen LogP contribution in [0.1, 0.15) is 36.7 Å². The fourth-order valence-corrected chi connectivity index (χ4v) is 3.77. The third kappa shape index (κ3) is 6.95. The summed E-state index contributed by atoms with van der Waals surface area (Å²) in [6, 6.07) is 9.80. The average Bonchev–Trinajstić information content (AvgIpc) is 2.94. The number of methoxy groups -OCH3 is 1. The highest BCUT2D eigenvalue weighted by Gasteiger charge is 2.22. The van der Waals surface area contributed by atoms with Gasteiger partial charge in [0.05, 0.1) is 45.7 Å². The molecule has 0 radical (unpaired) electrons. The van der Waals surface area contributed by atoms with Crippen LogP contribution in [0.4, 0.5) is 0 Å². The second kappa shape index (κ2) is 13.9. The van der Waals surface area contributed by atoms with Gasteiger partial charge in [0.25, 0.3) is 5.91 Å². The molecule has 202 valence electrons. The maximum Gasteiger partial charge on any atom is 0.343 e. The van der Waals surface area contributed by atoms with E-state index in [4.69, 9.17) is 28.4 Å². The molecule has 38 heavy (non-hydrogen) atoms. The van der Waals surface area contributed by atoms with Crippen LogP contribution in [0.25, 0.3) is 6.08 Å². The SMILES string of the molecule is CCOc1cc(C(=O)Oc2ccc(/C=C(\C#N)C(=O)N3CCOCC3)cc2OC)cc(OCC)c1OCC. The van der Waals surface area contributed by atoms with Crippen molar-refractivity contribution in [3.05, 3.63) is 47.0 Å². The summed E-state index contributed by atoms with van der Waals surface area (Å²) in [5.74, 6) is 0.554. The van der Waals surface area contributed by atoms with Crippen LogP contribution in [-0.2, 0) is 9.53 Å². The highest BCUT2D eigenvalue weighted by Crippen LogP contribution is 2.40. The monoisotopic (exact) mass is 524 g/mol. The first-order chi connectivity index (χ1) is 18.4. The van der Waals surface area contributed by atoms with Crippen LogP contribution in [0.2, 0.25) is 0 Å². The molecule has 1 heterocycles. The van der Waals surface area contributed by atoms with Gasteiger partial charge in [-0.1, -0.05) is 6.07 Å². The number of morpholine rings is 1. The fourth-order valence-electron chi connectivity index (χ4n) is 3.77. The molecule has 0 saturated carbocycles. The van der Waals surface area contributed by atoms with Crippen molar-refractivity contribution in [2.24, 2.45) is 0 Å². The number of amides is 1. The van der Waals surface area contributed by atoms with Crippen molar-refractivity contribution in [3.63, 3.8) is 0 Å². The van der Waals surface area contributed by atoms with Gasteiger partial charge < -0.3 is 33.3 Å². The Morgan fingerprint density at radius 3 is 2.13 bits per heavy atom. The predicted octanol–water partition coefficient (Wildman–Crippen LogP) is 3.88. The zero-order valence-corrected chi connectivity index (χ0v) is 22.1. The maximum absolute atomic E-state index is 13.1. The maximum atomic E-state index is 13.1. The lowest BCUT2D eigenvalue weighted by atomic mass is 10.1. The van der Waals surface area contributed by atoms with Gasteiger partial charge in [0, 0.05) is 13.1 Å². The summed E-state index contributed by atoms with van der Waals surface area (Å²) in [7, 11) is 1.43. The van der Waals surface area contributed by atoms with Gasteiger partial charge in [-0.05, 0) is 56.7 Å². The summed E-state index contributed by atoms with van der Waals surface area (Å²) in [6.45, 7) is 8.36. The minimum absolute atomic E-state index is 0.0139. The van der Waals surface area contributed by atoms with Gasteiger partial charge in [-0.2, -0.15) is 5.26 Å². The zero-order chi connectivity index (χ0) is 27.5. The third-order valence-electron chi connectivity index (χ3n) is 5.50. The number of hydrogen-bond donors (Lipinski definition) is 0. The van der Waals surface area contributed by atoms with Crippen molar-refractivity contribution in [2.75, 3.05) is 53.2 Å². The van der Waals surface area contributed by atoms with Gasteiger partial charge in [-0.25, -0.2) is 4.79 Å². The molecule has 0 spiro atoms. The van der Waals surface area contributed by atoms with Crippen LogP contribution < -0.4 is 23.7 Å². The van der Waals surface area contributed by atoms with Crippen LogP contribution in [0.5, 0.6) is 28.7 Å². The predicted molar refractivity (Wildman–Crippen MR) is 139 cm³/mol. The Balaban J connectivity index is 1.86. The molecule has 1 aliphatic heterocycles. The lowest BCUT2D eigenvalue weighted by molar-refractivity contribution is -0.130. The lowest BCUT2D eigenvalue weighted by Crippen LogP contribution is -2.41. The van der Waals surface area contributed by atoms with E-state index >= 15 is 0 Å². The Labute approximate surface area is 222 Å². The molecule has 3 rings (SSSR count). The Morgan fingerprint density at radius 2 is 1.58 bits per heavy atom. The van der Waals surface area contributed by atoms with Crippen LogP contribution in [-0.4, -0.2) is 70.0 Å². The average molecular weight is 525 g/mol. The van der Waals surface area contributed by atoms with E-state index in [1.807, 2.05) is 26.8 Å². The molecule has 0 aromatic heterocycles. The first-order valence-electron chi connectivity index (χ1n) is 12.4. The third-order valence-corrected chi connectivity index (χ3v) is 5.50. The topological polar surface area (TPSA) is 117 Å². The molecule has 2 aromatic rings. The van der Waals surface area contributed by atoms with Gasteiger partial charge in [-0.15, -0.1) is 0 Å². The van der Waals surface area contributed by atoms with Gasteiger partial charge in [-0.3, -0.25) is 4.79 Å². The zero-order valence-electron chi connectivity index (χ0n) is 22.1. The van der Waals surface area contributed by atoms with E-state index in [0.717, 1.165) is 0 Å². The van der Waals surface area contributed by atoms with Crippen molar-refractivity contribution in [2.45, 2.75) is 20.8 Å². The number of ether oxygens (including phenoxy) is 6. The van der Waals surface area contributed by atoms with Crippen molar-refractivity contribution in [1.29, 1.82) is 5.26 Å². The molecule has 1 saturated heterocycles. The number of carbonyl (C=O) groups excluding carboxylic acids is 2. The second-order valence-electron chi connectivity index (χ2n) is 7.97. The normalized spacial score (nSPS) is 13.3. The minimum Gasteiger partial charge on any atom is -0.493 e. The molecule has 1 amide bonds. The van der Waals surface area contributed by atoms with Gasteiger partial charge in [0.15, 0.2) is 23.0 Å². The highest BCUT2D eigenvalue weighted by atomic mass is 16.6. The van der Waals surface area contributed by atoms with Crippen molar-refractivity contribution in [3.8, 4) is 34.8 Å². The summed E-state index contributed by atoms with van der Waals surface area (Å²) in [4.78, 5) is 27.4. The van der Waals surface area contributed by atoms with Gasteiger partial charge in [0.1, 0.15) is 11.6 Å². The molecule has 0 aliphatic carbocycles. The fraction of sp³-hybridized carbons (Fsp3) is 0.393. The Morgan fingerprint density at radius 1 is 0.947 bits per heavy atom. The van der Waals surface area contributed by atoms with Crippen molar-refractivity contribution < 1.29 is 38.0 Å². The van der Waals surface area contributed by atoms with E-state index < -0.39 is 5.97 Å². The molecular formula is C28H32N2O8. The Kier molecular flexibility index (Phi) is 10.4. The molecule has 1 aliphatic rings. The molecule has 10 nitrogen and oxygen atoms in total. The number of hydrogen-bond acceptors (Lipinski definition) is 9. The van der Waals surface area contributed by atoms with E-state index in [9.17, 15) is 14.9 Å². The smallest absolute Gasteiger partial charge is 0.343 e. The van der Waals surface area contributed by atoms with E-state index in [0.29, 0.717) is 68.9 Å². The highest BCUT2D eigenvalue weighted by molar-refractivity contribution is 6.01. The van der Waals surface area contributed by atoms with Crippen molar-refractivity contribution >= 4 is 18.0 Å². The van der Waals surface area contributed by atoms with Gasteiger partial charge >= 0.3 is 5.97 Å². The Hall–Kier alpha value is -4.23. The molecule has 10 heteroatoms. The lowest BCUT2D eigenvalue weighted by Gasteiger charge is -2.26. The summed E-state index contributed by atoms with van der Waals surface area (Å²) in [6.07, 6.45) is 1.47. The van der Waals surface area contributed by atoms with E-state index in [-0.39, 0.29) is 28.5 Å². The van der Waals surface area contributed by atoms with E-state index in [1.54, 1.807) is 29.2 Å². The number of benzene rings is 2. The molecule has 0 atom stereocenters. The molecule has 0 bridgehead atoms. The molecule has 1 fully saturated rings. The van der Waals surface area contributed by atoms with E-state index in [2.05, 4.69) is 0 Å². The number of nitriles is 1. The Bertz CT molecular complexity index is 1180. The van der Waals surface area contributed by atoms with Crippen LogP contribution in [0.3, 0.4) is 0 Å². The van der Waals surface area contributed by atoms with Crippen molar-refractivity contribution in [1.82, 2.24) is 4.90 Å². The largest absolute Gasteiger partial charge is 0.493 e. The number of nitrogens with zero attached hydrogens (tertiary/aromatic N) is 2. The van der Waals surface area contributed by atoms with Gasteiger partial charge in [0.2, 0.25) is 5.75 Å². The molecule has 0 N–H and O–H groups in total. The molecular weight excluding hydrogens is 492 g/mol. The molecule has 2 aromatic carbocycles. The minimum atomic E-state index is -0.656. The summed E-state index contributed by atoms with van der Waals surface area (Å²) >= 11 is 0. The second-order valence-corrected chi connectivity index (χ2v) is 7.97. The molecule has 0 unspecified atom stereocenters. The number of carbonyl (C=O) groups is 2. The van der Waals surface area contributed by atoms with E-state index in [1.165, 1.54) is 19.3 Å². The van der Waals surface area contributed by atoms with Crippen LogP contribution >= 0.6 is 0 Å². The first-order valence-corrected chi connectivity index (χ1v) is 12.4. The summed E-state index contributed by atoms with van der Waals surface area (Å²) < 4.78 is 33.4. The number of esters is 1. The number of rotatable bonds is 11. The first kappa shape index (κ1) is 28.3. The standard InChI is InChI=1S/C28H32N2O8/c1-5-35-24-16-20(17-25(36-6-2)26(24)37-7-3)28(32)38-22-9-8-19(15-23(22)33-4)14-21(18-29)27(31)30-10-12-34-13-11-30/h8-9,14-17H,5-7,10-13H2,1-4H3/b21-14+. The summed E-state index contributed by atoms with van der Waals surface area (Å²) in [5, 5.41) is 9.56. The summed E-state index contributed by atoms with van der Waals surface area (Å²) in [5.41, 5.74) is 0.729. The van der Waals surface area contributed by atoms with Crippen LogP contribution in [0.15, 0.2) is 35.9 Å².